The van der Waals surface area contributed by atoms with Crippen molar-refractivity contribution in [3.8, 4) is 0 Å². The van der Waals surface area contributed by atoms with E-state index in [-0.39, 0.29) is 6.54 Å². The van der Waals surface area contributed by atoms with Gasteiger partial charge < -0.3 is 0 Å². The predicted molar refractivity (Wildman–Crippen MR) is 109 cm³/mol. The van der Waals surface area contributed by atoms with Crippen LogP contribution in [0.15, 0.2) is 24.3 Å². The van der Waals surface area contributed by atoms with Crippen LogP contribution in [-0.4, -0.2) is 43.1 Å². The van der Waals surface area contributed by atoms with Crippen molar-refractivity contribution in [2.45, 2.75) is 32.1 Å². The number of rotatable bonds is 11. The second kappa shape index (κ2) is 11.9. The fourth-order valence-corrected chi connectivity index (χ4v) is 4.46. The van der Waals surface area contributed by atoms with E-state index in [0.29, 0.717) is 32.8 Å². The van der Waals surface area contributed by atoms with Crippen LogP contribution < -0.4 is 0 Å². The van der Waals surface area contributed by atoms with E-state index in [1.54, 1.807) is 18.2 Å². The molecule has 1 amide bonds. The van der Waals surface area contributed by atoms with E-state index in [1.807, 2.05) is 0 Å². The quantitative estimate of drug-likeness (QED) is 0.175. The molecule has 0 saturated carbocycles. The molecule has 0 aliphatic carbocycles. The van der Waals surface area contributed by atoms with Crippen LogP contribution in [0.1, 0.15) is 37.7 Å². The summed E-state index contributed by atoms with van der Waals surface area (Å²) in [5, 5.41) is 11.4. The molecule has 0 spiro atoms. The molecule has 26 heavy (non-hydrogen) atoms. The number of amides is 1. The summed E-state index contributed by atoms with van der Waals surface area (Å²) in [5.41, 5.74) is 0.643. The van der Waals surface area contributed by atoms with Crippen molar-refractivity contribution in [3.63, 3.8) is 0 Å². The molecular formula is C17H23Cl2NO4S2. The van der Waals surface area contributed by atoms with Crippen LogP contribution in [0.2, 0.25) is 10.0 Å². The van der Waals surface area contributed by atoms with Crippen molar-refractivity contribution in [2.75, 3.05) is 18.6 Å². The highest BCUT2D eigenvalue weighted by Gasteiger charge is 2.07. The van der Waals surface area contributed by atoms with Crippen LogP contribution in [0.5, 0.6) is 0 Å². The lowest BCUT2D eigenvalue weighted by atomic mass is 10.1. The minimum Gasteiger partial charge on any atom is -0.286 e. The lowest BCUT2D eigenvalue weighted by Crippen LogP contribution is -2.26. The van der Waals surface area contributed by atoms with Crippen LogP contribution in [0, 0.1) is 0 Å². The third-order valence-electron chi connectivity index (χ3n) is 3.43. The Morgan fingerprint density at radius 1 is 1.19 bits per heavy atom. The summed E-state index contributed by atoms with van der Waals surface area (Å²) in [6.07, 6.45) is 8.24. The van der Waals surface area contributed by atoms with E-state index in [4.69, 9.17) is 23.2 Å². The van der Waals surface area contributed by atoms with Crippen molar-refractivity contribution in [2.24, 2.45) is 0 Å². The van der Waals surface area contributed by atoms with E-state index >= 15 is 0 Å². The number of halogens is 2. The fraction of sp³-hybridized carbons (Fsp3) is 0.471. The Morgan fingerprint density at radius 3 is 2.50 bits per heavy atom. The first kappa shape index (κ1) is 23.3. The van der Waals surface area contributed by atoms with Crippen molar-refractivity contribution < 1.29 is 18.4 Å². The van der Waals surface area contributed by atoms with Gasteiger partial charge in [-0.2, -0.15) is 0 Å². The maximum absolute atomic E-state index is 11.9. The molecule has 1 N–H and O–H groups in total. The van der Waals surface area contributed by atoms with Crippen LogP contribution in [0.4, 0.5) is 0 Å². The van der Waals surface area contributed by atoms with Crippen LogP contribution in [0.3, 0.4) is 0 Å². The molecule has 0 saturated heterocycles. The standard InChI is InChI=1S/C17H23Cl2NO4S2/c1-26(23,24)25-12-6-4-2-3-5-11-20(22)17(21)10-8-14-7-9-15(18)13-16(14)19/h7-10,13,22H,2-6,11-12H2,1H3/b10-8+. The lowest BCUT2D eigenvalue weighted by Gasteiger charge is -2.12. The number of hydrogen-bond acceptors (Lipinski definition) is 5. The highest BCUT2D eigenvalue weighted by atomic mass is 35.5. The van der Waals surface area contributed by atoms with Crippen LogP contribution in [0.25, 0.3) is 6.08 Å². The molecule has 1 aromatic carbocycles. The Balaban J connectivity index is 2.21. The molecular weight excluding hydrogens is 417 g/mol. The van der Waals surface area contributed by atoms with Crippen molar-refractivity contribution in [1.29, 1.82) is 0 Å². The Bertz CT molecular complexity index is 723. The van der Waals surface area contributed by atoms with Gasteiger partial charge >= 0.3 is 0 Å². The van der Waals surface area contributed by atoms with Gasteiger partial charge in [0.05, 0.1) is 0 Å². The summed E-state index contributed by atoms with van der Waals surface area (Å²) < 4.78 is 21.9. The first-order valence-electron chi connectivity index (χ1n) is 8.17. The molecule has 146 valence electrons. The van der Waals surface area contributed by atoms with E-state index in [2.05, 4.69) is 0 Å². The molecule has 1 aromatic rings. The van der Waals surface area contributed by atoms with E-state index in [1.165, 1.54) is 18.4 Å². The zero-order chi connectivity index (χ0) is 19.6. The molecule has 9 heteroatoms. The third-order valence-corrected chi connectivity index (χ3v) is 6.66. The molecule has 0 aliphatic rings. The van der Waals surface area contributed by atoms with Crippen molar-refractivity contribution in [1.82, 2.24) is 5.06 Å². The molecule has 1 rings (SSSR count). The second-order valence-corrected chi connectivity index (χ2v) is 11.2. The van der Waals surface area contributed by atoms with Gasteiger partial charge in [0, 0.05) is 34.7 Å². The largest absolute Gasteiger partial charge is 0.286 e. The van der Waals surface area contributed by atoms with E-state index < -0.39 is 14.8 Å². The van der Waals surface area contributed by atoms with Crippen LogP contribution >= 0.6 is 34.0 Å². The predicted octanol–water partition coefficient (Wildman–Crippen LogP) is 4.87. The molecule has 0 aromatic heterocycles. The Morgan fingerprint density at radius 2 is 1.85 bits per heavy atom. The van der Waals surface area contributed by atoms with Gasteiger partial charge in [0.25, 0.3) is 5.91 Å². The van der Waals surface area contributed by atoms with E-state index in [9.17, 15) is 18.4 Å². The molecule has 0 radical (unpaired) electrons. The molecule has 0 heterocycles. The van der Waals surface area contributed by atoms with Gasteiger partial charge in [0.15, 0.2) is 8.87 Å². The minimum absolute atomic E-state index is 0.246. The van der Waals surface area contributed by atoms with Gasteiger partial charge in [-0.15, -0.1) is 0 Å². The SMILES string of the molecule is CS(=O)(=O)SCCCCCCCN(O)C(=O)/C=C/c1ccc(Cl)cc1Cl. The van der Waals surface area contributed by atoms with Crippen LogP contribution in [-0.2, 0) is 13.7 Å². The number of nitrogens with zero attached hydrogens (tertiary/aromatic N) is 1. The monoisotopic (exact) mass is 439 g/mol. The zero-order valence-electron chi connectivity index (χ0n) is 14.5. The van der Waals surface area contributed by atoms with Gasteiger partial charge in [-0.3, -0.25) is 10.0 Å². The molecule has 0 atom stereocenters. The summed E-state index contributed by atoms with van der Waals surface area (Å²) in [7, 11) is -1.99. The van der Waals surface area contributed by atoms with E-state index in [0.717, 1.165) is 36.5 Å². The Kier molecular flexibility index (Phi) is 10.6. The van der Waals surface area contributed by atoms with Gasteiger partial charge in [0.2, 0.25) is 0 Å². The smallest absolute Gasteiger partial charge is 0.269 e. The third kappa shape index (κ3) is 10.4. The summed E-state index contributed by atoms with van der Waals surface area (Å²) in [5.74, 6) is 0.0853. The maximum atomic E-state index is 11.9. The summed E-state index contributed by atoms with van der Waals surface area (Å²) in [6, 6.07) is 4.94. The van der Waals surface area contributed by atoms with Crippen molar-refractivity contribution >= 4 is 54.8 Å². The minimum atomic E-state index is -2.95. The fourth-order valence-electron chi connectivity index (χ4n) is 2.10. The Labute approximate surface area is 168 Å². The molecule has 0 unspecified atom stereocenters. The second-order valence-electron chi connectivity index (χ2n) is 5.75. The number of unbranched alkanes of at least 4 members (excludes halogenated alkanes) is 4. The van der Waals surface area contributed by atoms with Gasteiger partial charge in [-0.05, 0) is 47.4 Å². The first-order valence-corrected chi connectivity index (χ1v) is 12.3. The zero-order valence-corrected chi connectivity index (χ0v) is 17.7. The number of benzene rings is 1. The Hall–Kier alpha value is -0.730. The topological polar surface area (TPSA) is 74.7 Å². The summed E-state index contributed by atoms with van der Waals surface area (Å²) >= 11 is 11.8. The number of carbonyl (C=O) groups is 1. The average Bonchev–Trinajstić information content (AvgIpc) is 2.55. The number of hydrogen-bond donors (Lipinski definition) is 1. The van der Waals surface area contributed by atoms with Crippen molar-refractivity contribution in [3.05, 3.63) is 39.9 Å². The summed E-state index contributed by atoms with van der Waals surface area (Å²) in [4.78, 5) is 11.9. The van der Waals surface area contributed by atoms with Gasteiger partial charge in [0.1, 0.15) is 0 Å². The number of carbonyl (C=O) groups excluding carboxylic acids is 1. The normalized spacial score (nSPS) is 11.8. The number of hydroxylamine groups is 2. The molecule has 0 bridgehead atoms. The average molecular weight is 440 g/mol. The first-order chi connectivity index (χ1) is 12.2. The van der Waals surface area contributed by atoms with Gasteiger partial charge in [-0.25, -0.2) is 13.5 Å². The molecule has 5 nitrogen and oxygen atoms in total. The highest BCUT2D eigenvalue weighted by Crippen LogP contribution is 2.22. The lowest BCUT2D eigenvalue weighted by molar-refractivity contribution is -0.159. The van der Waals surface area contributed by atoms with Gasteiger partial charge in [-0.1, -0.05) is 48.5 Å². The maximum Gasteiger partial charge on any atom is 0.269 e. The summed E-state index contributed by atoms with van der Waals surface area (Å²) in [6.45, 7) is 0.246. The molecule has 0 aliphatic heterocycles. The molecule has 0 fully saturated rings. The highest BCUT2D eigenvalue weighted by molar-refractivity contribution is 8.71.